The third-order valence-electron chi connectivity index (χ3n) is 5.34. The number of Topliss-reactive ketones (excluding diaryl/α,β-unsaturated/α-hetero) is 1. The minimum Gasteiger partial charge on any atom is -0.508 e. The molecule has 6 atom stereocenters. The summed E-state index contributed by atoms with van der Waals surface area (Å²) in [6.07, 6.45) is -8.09. The van der Waals surface area contributed by atoms with E-state index in [0.717, 1.165) is 6.07 Å². The standard InChI is InChI=1S/C21H22O10/c22-8-16-18(26)19(27)20(28)21(31-16)29-11-5-12(24)17-13(25)7-14(30-15(17)6-11)9-1-3-10(23)4-2-9/h1-6,14,16,18-24,26-28H,7-8H2/t14?,16-,18-,19+,20-,21?/m1/s1. The van der Waals surface area contributed by atoms with E-state index in [9.17, 15) is 35.4 Å². The molecule has 166 valence electrons. The molecule has 2 unspecified atom stereocenters. The Morgan fingerprint density at radius 2 is 1.71 bits per heavy atom. The second-order valence-electron chi connectivity index (χ2n) is 7.46. The van der Waals surface area contributed by atoms with Gasteiger partial charge in [0.2, 0.25) is 6.29 Å². The number of rotatable bonds is 4. The van der Waals surface area contributed by atoms with Gasteiger partial charge in [-0.3, -0.25) is 4.79 Å². The van der Waals surface area contributed by atoms with Crippen molar-refractivity contribution in [3.63, 3.8) is 0 Å². The second kappa shape index (κ2) is 8.33. The number of ether oxygens (including phenoxy) is 3. The number of fused-ring (bicyclic) bond motifs is 1. The van der Waals surface area contributed by atoms with Gasteiger partial charge in [0.15, 0.2) is 5.78 Å². The summed E-state index contributed by atoms with van der Waals surface area (Å²) in [5.41, 5.74) is 0.632. The van der Waals surface area contributed by atoms with Crippen molar-refractivity contribution in [2.75, 3.05) is 6.61 Å². The first-order valence-electron chi connectivity index (χ1n) is 9.61. The van der Waals surface area contributed by atoms with Gasteiger partial charge in [0.1, 0.15) is 59.1 Å². The van der Waals surface area contributed by atoms with Crippen molar-refractivity contribution in [2.24, 2.45) is 0 Å². The molecule has 2 aliphatic rings. The van der Waals surface area contributed by atoms with Crippen LogP contribution in [0.4, 0.5) is 0 Å². The molecular weight excluding hydrogens is 412 g/mol. The maximum Gasteiger partial charge on any atom is 0.229 e. The molecule has 0 radical (unpaired) electrons. The Labute approximate surface area is 176 Å². The number of benzene rings is 2. The zero-order chi connectivity index (χ0) is 22.3. The van der Waals surface area contributed by atoms with Gasteiger partial charge in [0.25, 0.3) is 0 Å². The quantitative estimate of drug-likeness (QED) is 0.385. The highest BCUT2D eigenvalue weighted by molar-refractivity contribution is 6.02. The van der Waals surface area contributed by atoms with Gasteiger partial charge in [-0.2, -0.15) is 0 Å². The van der Waals surface area contributed by atoms with Crippen molar-refractivity contribution in [3.8, 4) is 23.0 Å². The summed E-state index contributed by atoms with van der Waals surface area (Å²) >= 11 is 0. The molecule has 0 spiro atoms. The van der Waals surface area contributed by atoms with Crippen LogP contribution in [0.1, 0.15) is 28.4 Å². The third-order valence-corrected chi connectivity index (χ3v) is 5.34. The Morgan fingerprint density at radius 1 is 1.00 bits per heavy atom. The van der Waals surface area contributed by atoms with E-state index in [1.165, 1.54) is 18.2 Å². The SMILES string of the molecule is O=C1CC(c2ccc(O)cc2)Oc2cc(OC3O[C@H](CO)[C@@H](O)[C@H](O)[C@H]3O)cc(O)c21. The van der Waals surface area contributed by atoms with Crippen molar-refractivity contribution in [2.45, 2.75) is 43.2 Å². The van der Waals surface area contributed by atoms with Gasteiger partial charge < -0.3 is 44.8 Å². The summed E-state index contributed by atoms with van der Waals surface area (Å²) < 4.78 is 16.7. The Kier molecular flexibility index (Phi) is 5.73. The zero-order valence-electron chi connectivity index (χ0n) is 16.2. The fourth-order valence-electron chi connectivity index (χ4n) is 3.66. The predicted octanol–water partition coefficient (Wildman–Crippen LogP) is -0.0170. The maximum absolute atomic E-state index is 12.6. The lowest BCUT2D eigenvalue weighted by atomic mass is 9.95. The number of aliphatic hydroxyl groups is 4. The molecule has 10 nitrogen and oxygen atoms in total. The molecule has 1 fully saturated rings. The number of phenolic OH excluding ortho intramolecular Hbond substituents is 2. The highest BCUT2D eigenvalue weighted by atomic mass is 16.7. The topological polar surface area (TPSA) is 166 Å². The van der Waals surface area contributed by atoms with Crippen LogP contribution in [-0.4, -0.2) is 73.7 Å². The van der Waals surface area contributed by atoms with Crippen molar-refractivity contribution in [1.82, 2.24) is 0 Å². The number of hydrogen-bond acceptors (Lipinski definition) is 10. The summed E-state index contributed by atoms with van der Waals surface area (Å²) in [4.78, 5) is 12.6. The molecule has 2 aromatic carbocycles. The summed E-state index contributed by atoms with van der Waals surface area (Å²) in [6.45, 7) is -0.619. The molecule has 4 rings (SSSR count). The average molecular weight is 434 g/mol. The van der Waals surface area contributed by atoms with Crippen LogP contribution in [0.5, 0.6) is 23.0 Å². The van der Waals surface area contributed by atoms with E-state index < -0.39 is 49.2 Å². The van der Waals surface area contributed by atoms with E-state index in [-0.39, 0.29) is 35.0 Å². The number of carbonyl (C=O) groups is 1. The van der Waals surface area contributed by atoms with Crippen molar-refractivity contribution in [3.05, 3.63) is 47.5 Å². The fourth-order valence-corrected chi connectivity index (χ4v) is 3.66. The molecule has 2 aliphatic heterocycles. The van der Waals surface area contributed by atoms with E-state index >= 15 is 0 Å². The highest BCUT2D eigenvalue weighted by Gasteiger charge is 2.45. The highest BCUT2D eigenvalue weighted by Crippen LogP contribution is 2.42. The van der Waals surface area contributed by atoms with E-state index in [4.69, 9.17) is 14.2 Å². The number of aliphatic hydroxyl groups excluding tert-OH is 4. The summed E-state index contributed by atoms with van der Waals surface area (Å²) in [5.74, 6) is -0.657. The van der Waals surface area contributed by atoms with Gasteiger partial charge in [0.05, 0.1) is 13.0 Å². The Morgan fingerprint density at radius 3 is 2.39 bits per heavy atom. The van der Waals surface area contributed by atoms with Crippen molar-refractivity contribution < 1.29 is 49.6 Å². The summed E-state index contributed by atoms with van der Waals surface area (Å²) in [7, 11) is 0. The Balaban J connectivity index is 1.59. The zero-order valence-corrected chi connectivity index (χ0v) is 16.2. The molecule has 31 heavy (non-hydrogen) atoms. The van der Waals surface area contributed by atoms with Gasteiger partial charge >= 0.3 is 0 Å². The van der Waals surface area contributed by atoms with E-state index in [0.29, 0.717) is 5.56 Å². The van der Waals surface area contributed by atoms with Crippen molar-refractivity contribution in [1.29, 1.82) is 0 Å². The van der Waals surface area contributed by atoms with Crippen LogP contribution >= 0.6 is 0 Å². The van der Waals surface area contributed by atoms with Crippen LogP contribution in [0.25, 0.3) is 0 Å². The van der Waals surface area contributed by atoms with Crippen LogP contribution in [0.15, 0.2) is 36.4 Å². The first kappa shape index (κ1) is 21.3. The van der Waals surface area contributed by atoms with E-state index in [2.05, 4.69) is 0 Å². The first-order valence-corrected chi connectivity index (χ1v) is 9.61. The molecular formula is C21H22O10. The molecule has 0 bridgehead atoms. The van der Waals surface area contributed by atoms with E-state index in [1.54, 1.807) is 12.1 Å². The largest absolute Gasteiger partial charge is 0.508 e. The molecule has 0 amide bonds. The Bertz CT molecular complexity index is 957. The molecule has 2 heterocycles. The number of phenols is 2. The third kappa shape index (κ3) is 4.03. The second-order valence-corrected chi connectivity index (χ2v) is 7.46. The molecule has 0 aromatic heterocycles. The summed E-state index contributed by atoms with van der Waals surface area (Å²) in [5, 5.41) is 59.0. The Hall–Kier alpha value is -2.89. The van der Waals surface area contributed by atoms with Gasteiger partial charge in [-0.15, -0.1) is 0 Å². The monoisotopic (exact) mass is 434 g/mol. The fraction of sp³-hybridized carbons (Fsp3) is 0.381. The van der Waals surface area contributed by atoms with Gasteiger partial charge in [-0.25, -0.2) is 0 Å². The lowest BCUT2D eigenvalue weighted by molar-refractivity contribution is -0.277. The van der Waals surface area contributed by atoms with Crippen LogP contribution < -0.4 is 9.47 Å². The molecule has 0 aliphatic carbocycles. The lowest BCUT2D eigenvalue weighted by Crippen LogP contribution is -2.60. The number of aromatic hydroxyl groups is 2. The van der Waals surface area contributed by atoms with Gasteiger partial charge in [-0.1, -0.05) is 12.1 Å². The molecule has 10 heteroatoms. The van der Waals surface area contributed by atoms with Gasteiger partial charge in [-0.05, 0) is 17.7 Å². The predicted molar refractivity (Wildman–Crippen MR) is 103 cm³/mol. The van der Waals surface area contributed by atoms with Crippen LogP contribution in [0.2, 0.25) is 0 Å². The molecule has 2 aromatic rings. The molecule has 0 saturated carbocycles. The van der Waals surface area contributed by atoms with Crippen molar-refractivity contribution >= 4 is 5.78 Å². The minimum atomic E-state index is -1.64. The summed E-state index contributed by atoms with van der Waals surface area (Å²) in [6, 6.07) is 8.64. The van der Waals surface area contributed by atoms with Crippen LogP contribution in [0, 0.1) is 0 Å². The van der Waals surface area contributed by atoms with Crippen LogP contribution in [-0.2, 0) is 4.74 Å². The smallest absolute Gasteiger partial charge is 0.229 e. The first-order chi connectivity index (χ1) is 14.8. The number of carbonyl (C=O) groups excluding carboxylic acids is 1. The number of hydrogen-bond donors (Lipinski definition) is 6. The maximum atomic E-state index is 12.6. The minimum absolute atomic E-state index is 0.0156. The number of ketones is 1. The average Bonchev–Trinajstić information content (AvgIpc) is 2.74. The lowest BCUT2D eigenvalue weighted by Gasteiger charge is -2.39. The molecule has 6 N–H and O–H groups in total. The van der Waals surface area contributed by atoms with Gasteiger partial charge in [0, 0.05) is 12.1 Å². The van der Waals surface area contributed by atoms with E-state index in [1.807, 2.05) is 0 Å². The normalized spacial score (nSPS) is 30.4. The molecule has 1 saturated heterocycles. The van der Waals surface area contributed by atoms with Crippen LogP contribution in [0.3, 0.4) is 0 Å².